The highest BCUT2D eigenvalue weighted by atomic mass is 32.2. The Morgan fingerprint density at radius 2 is 1.83 bits per heavy atom. The minimum atomic E-state index is -1.21. The van der Waals surface area contributed by atoms with Crippen molar-refractivity contribution in [1.82, 2.24) is 14.3 Å². The highest BCUT2D eigenvalue weighted by Crippen LogP contribution is 2.46. The number of imidazole rings is 1. The molecule has 2 fully saturated rings. The van der Waals surface area contributed by atoms with Crippen LogP contribution in [0.5, 0.6) is 0 Å². The van der Waals surface area contributed by atoms with Gasteiger partial charge in [-0.15, -0.1) is 0 Å². The van der Waals surface area contributed by atoms with Crippen LogP contribution in [0.3, 0.4) is 0 Å². The van der Waals surface area contributed by atoms with Crippen molar-refractivity contribution in [3.05, 3.63) is 34.2 Å². The van der Waals surface area contributed by atoms with E-state index in [4.69, 9.17) is 0 Å². The summed E-state index contributed by atoms with van der Waals surface area (Å²) >= 11 is 0. The van der Waals surface area contributed by atoms with Crippen LogP contribution in [-0.4, -0.2) is 24.4 Å². The maximum Gasteiger partial charge on any atom is 0.326 e. The maximum atomic E-state index is 12.7. The van der Waals surface area contributed by atoms with Crippen molar-refractivity contribution in [1.29, 1.82) is 0 Å². The van der Waals surface area contributed by atoms with Gasteiger partial charge in [0.25, 0.3) is 0 Å². The predicted molar refractivity (Wildman–Crippen MR) is 144 cm³/mol. The van der Waals surface area contributed by atoms with E-state index in [1.807, 2.05) is 24.5 Å². The molecule has 0 bridgehead atoms. The third kappa shape index (κ3) is 6.28. The van der Waals surface area contributed by atoms with Gasteiger partial charge in [-0.25, -0.2) is 9.00 Å². The summed E-state index contributed by atoms with van der Waals surface area (Å²) in [5, 5.41) is 0. The lowest BCUT2D eigenvalue weighted by Crippen LogP contribution is -2.35. The second kappa shape index (κ2) is 11.4. The number of amides is 1. The number of rotatable bonds is 15. The van der Waals surface area contributed by atoms with Gasteiger partial charge >= 0.3 is 5.69 Å². The molecule has 2 unspecified atom stereocenters. The second-order valence-corrected chi connectivity index (χ2v) is 12.7. The largest absolute Gasteiger partial charge is 0.326 e. The monoisotopic (exact) mass is 501 g/mol. The van der Waals surface area contributed by atoms with E-state index in [9.17, 15) is 13.8 Å². The van der Waals surface area contributed by atoms with E-state index in [0.717, 1.165) is 62.4 Å². The number of aromatic amines is 1. The Hall–Kier alpha value is -1.89. The number of carbonyl (C=O) groups is 1. The summed E-state index contributed by atoms with van der Waals surface area (Å²) in [5.41, 5.74) is 3.22. The summed E-state index contributed by atoms with van der Waals surface area (Å²) in [5.74, 6) is 0.629. The van der Waals surface area contributed by atoms with Crippen molar-refractivity contribution in [2.75, 3.05) is 0 Å². The van der Waals surface area contributed by atoms with E-state index in [1.165, 1.54) is 37.7 Å². The first kappa shape index (κ1) is 26.2. The fourth-order valence-electron chi connectivity index (χ4n) is 5.54. The van der Waals surface area contributed by atoms with E-state index < -0.39 is 11.0 Å². The molecule has 35 heavy (non-hydrogen) atoms. The Balaban J connectivity index is 1.09. The van der Waals surface area contributed by atoms with Crippen LogP contribution >= 0.6 is 0 Å². The third-order valence-corrected chi connectivity index (χ3v) is 9.90. The fourth-order valence-corrected chi connectivity index (χ4v) is 6.89. The second-order valence-electron chi connectivity index (χ2n) is 11.1. The van der Waals surface area contributed by atoms with Crippen LogP contribution < -0.4 is 10.4 Å². The molecule has 0 spiro atoms. The molecular weight excluding hydrogens is 458 g/mol. The van der Waals surface area contributed by atoms with Gasteiger partial charge in [0.15, 0.2) is 0 Å². The average Bonchev–Trinajstić information content (AvgIpc) is 3.74. The highest BCUT2D eigenvalue weighted by Gasteiger charge is 2.50. The molecule has 3 atom stereocenters. The molecule has 2 saturated carbocycles. The maximum absolute atomic E-state index is 12.7. The zero-order valence-electron chi connectivity index (χ0n) is 21.7. The summed E-state index contributed by atoms with van der Waals surface area (Å²) in [7, 11) is -1.21. The van der Waals surface area contributed by atoms with E-state index >= 15 is 0 Å². The Labute approximate surface area is 212 Å². The zero-order valence-corrected chi connectivity index (χ0v) is 22.6. The van der Waals surface area contributed by atoms with Crippen molar-refractivity contribution in [3.63, 3.8) is 0 Å². The first-order valence-corrected chi connectivity index (χ1v) is 15.0. The Morgan fingerprint density at radius 1 is 1.14 bits per heavy atom. The number of hydrogen-bond acceptors (Lipinski definition) is 3. The smallest absolute Gasteiger partial charge is 0.305 e. The van der Waals surface area contributed by atoms with Crippen molar-refractivity contribution < 1.29 is 9.00 Å². The molecule has 1 amide bonds. The van der Waals surface area contributed by atoms with Gasteiger partial charge in [-0.05, 0) is 69.9 Å². The molecule has 0 radical (unpaired) electrons. The summed E-state index contributed by atoms with van der Waals surface area (Å²) in [6.07, 6.45) is 14.2. The average molecular weight is 502 g/mol. The van der Waals surface area contributed by atoms with Gasteiger partial charge < -0.3 is 4.98 Å². The van der Waals surface area contributed by atoms with Gasteiger partial charge in [0.2, 0.25) is 5.91 Å². The predicted octanol–water partition coefficient (Wildman–Crippen LogP) is 5.93. The molecule has 194 valence electrons. The molecule has 2 aliphatic rings. The normalized spacial score (nSPS) is 21.4. The number of aromatic nitrogens is 2. The lowest BCUT2D eigenvalue weighted by Gasteiger charge is -2.15. The number of para-hydroxylation sites is 1. The molecule has 2 aromatic rings. The third-order valence-electron chi connectivity index (χ3n) is 8.11. The van der Waals surface area contributed by atoms with Crippen molar-refractivity contribution >= 4 is 27.9 Å². The van der Waals surface area contributed by atoms with E-state index in [2.05, 4.69) is 28.8 Å². The van der Waals surface area contributed by atoms with Crippen LogP contribution in [0.1, 0.15) is 109 Å². The highest BCUT2D eigenvalue weighted by molar-refractivity contribution is 7.85. The molecule has 0 aliphatic heterocycles. The molecule has 2 aliphatic carbocycles. The molecule has 1 heterocycles. The molecular formula is C28H43N3O3S. The van der Waals surface area contributed by atoms with Gasteiger partial charge in [0.1, 0.15) is 11.0 Å². The van der Waals surface area contributed by atoms with Crippen molar-refractivity contribution in [2.24, 2.45) is 11.8 Å². The van der Waals surface area contributed by atoms with Gasteiger partial charge in [0.05, 0.1) is 15.8 Å². The molecule has 7 heteroatoms. The number of hydrogen-bond donors (Lipinski definition) is 2. The number of fused-ring (bicyclic) bond motifs is 1. The van der Waals surface area contributed by atoms with Crippen molar-refractivity contribution in [3.8, 4) is 0 Å². The standard InChI is InChI=1S/C28H43N3O3S/c1-4-21-19-23(21)26(32)30-35(34)28(17-18-28)16-11-9-7-5-6-8-10-13-22-14-12-15-24-25(22)29-27(33)31(24)20(2)3/h12,14-15,20-21,23H,4-11,13,16-19H2,1-3H3,(H,29,33)(H,30,32)/t21?,23-,35?/m0/s1. The molecule has 1 aromatic heterocycles. The van der Waals surface area contributed by atoms with E-state index in [0.29, 0.717) is 5.92 Å². The number of carbonyl (C=O) groups excluding carboxylic acids is 1. The molecule has 6 nitrogen and oxygen atoms in total. The van der Waals surface area contributed by atoms with Crippen LogP contribution in [0.2, 0.25) is 0 Å². The summed E-state index contributed by atoms with van der Waals surface area (Å²) in [6, 6.07) is 6.37. The van der Waals surface area contributed by atoms with Gasteiger partial charge in [-0.3, -0.25) is 14.1 Å². The van der Waals surface area contributed by atoms with Gasteiger partial charge in [-0.1, -0.05) is 64.0 Å². The summed E-state index contributed by atoms with van der Waals surface area (Å²) in [6.45, 7) is 6.20. The van der Waals surface area contributed by atoms with E-state index in [-0.39, 0.29) is 28.3 Å². The minimum Gasteiger partial charge on any atom is -0.305 e. The molecule has 1 aromatic carbocycles. The van der Waals surface area contributed by atoms with Crippen LogP contribution in [0, 0.1) is 11.8 Å². The minimum absolute atomic E-state index is 0.0153. The number of unbranched alkanes of at least 4 members (excludes halogenated alkanes) is 6. The number of nitrogens with one attached hydrogen (secondary N) is 2. The SMILES string of the molecule is CCC1C[C@@H]1C(=O)NS(=O)C1(CCCCCCCCCc2cccc3c2[nH]c(=O)n3C(C)C)CC1. The van der Waals surface area contributed by atoms with Gasteiger partial charge in [0, 0.05) is 12.0 Å². The lowest BCUT2D eigenvalue weighted by atomic mass is 10.0. The lowest BCUT2D eigenvalue weighted by molar-refractivity contribution is -0.120. The van der Waals surface area contributed by atoms with Crippen LogP contribution in [0.15, 0.2) is 23.0 Å². The number of aryl methyl sites for hydroxylation is 1. The number of nitrogens with zero attached hydrogens (tertiary/aromatic N) is 1. The Morgan fingerprint density at radius 3 is 2.46 bits per heavy atom. The molecule has 4 rings (SSSR count). The van der Waals surface area contributed by atoms with Gasteiger partial charge in [-0.2, -0.15) is 0 Å². The summed E-state index contributed by atoms with van der Waals surface area (Å²) < 4.78 is 17.2. The van der Waals surface area contributed by atoms with E-state index in [1.54, 1.807) is 0 Å². The quantitative estimate of drug-likeness (QED) is 0.297. The number of benzene rings is 1. The molecule has 0 saturated heterocycles. The van der Waals surface area contributed by atoms with Crippen LogP contribution in [-0.2, 0) is 22.2 Å². The zero-order chi connectivity index (χ0) is 25.0. The van der Waals surface area contributed by atoms with Crippen LogP contribution in [0.4, 0.5) is 0 Å². The fraction of sp³-hybridized carbons (Fsp3) is 0.714. The first-order chi connectivity index (χ1) is 16.9. The summed E-state index contributed by atoms with van der Waals surface area (Å²) in [4.78, 5) is 27.6. The first-order valence-electron chi connectivity index (χ1n) is 13.8. The van der Waals surface area contributed by atoms with Crippen LogP contribution in [0.25, 0.3) is 11.0 Å². The van der Waals surface area contributed by atoms with Crippen molar-refractivity contribution in [2.45, 2.75) is 115 Å². The molecule has 2 N–H and O–H groups in total. The topological polar surface area (TPSA) is 84.0 Å². The Bertz CT molecular complexity index is 1100. The Kier molecular flexibility index (Phi) is 8.56. The number of H-pyrrole nitrogens is 1.